The molecule has 118 valence electrons. The fourth-order valence-electron chi connectivity index (χ4n) is 3.00. The van der Waals surface area contributed by atoms with Gasteiger partial charge in [0, 0.05) is 29.2 Å². The molecule has 1 aromatic carbocycles. The Morgan fingerprint density at radius 3 is 2.78 bits per heavy atom. The van der Waals surface area contributed by atoms with Crippen LogP contribution in [0.3, 0.4) is 0 Å². The van der Waals surface area contributed by atoms with Crippen LogP contribution in [0.4, 0.5) is 5.69 Å². The van der Waals surface area contributed by atoms with Crippen molar-refractivity contribution in [3.05, 3.63) is 59.0 Å². The number of nitrogens with zero attached hydrogens (tertiary/aromatic N) is 1. The first-order chi connectivity index (χ1) is 11.0. The minimum atomic E-state index is 0.0205. The maximum Gasteiger partial charge on any atom is 0.224 e. The van der Waals surface area contributed by atoms with Crippen LogP contribution in [-0.2, 0) is 11.2 Å². The van der Waals surface area contributed by atoms with Crippen LogP contribution in [0.15, 0.2) is 36.5 Å². The monoisotopic (exact) mass is 307 g/mol. The number of benzene rings is 1. The molecule has 4 nitrogen and oxygen atoms in total. The Kier molecular flexibility index (Phi) is 4.15. The molecule has 1 amide bonds. The van der Waals surface area contributed by atoms with E-state index in [2.05, 4.69) is 21.4 Å². The van der Waals surface area contributed by atoms with Crippen molar-refractivity contribution < 1.29 is 4.79 Å². The van der Waals surface area contributed by atoms with E-state index in [4.69, 9.17) is 0 Å². The van der Waals surface area contributed by atoms with E-state index in [-0.39, 0.29) is 5.91 Å². The van der Waals surface area contributed by atoms with Gasteiger partial charge in [-0.05, 0) is 50.5 Å². The molecule has 0 aliphatic rings. The van der Waals surface area contributed by atoms with E-state index < -0.39 is 0 Å². The van der Waals surface area contributed by atoms with E-state index in [1.165, 1.54) is 10.9 Å². The van der Waals surface area contributed by atoms with Crippen molar-refractivity contribution in [2.24, 2.45) is 0 Å². The number of H-pyrrole nitrogens is 1. The number of carbonyl (C=O) groups is 1. The van der Waals surface area contributed by atoms with Crippen LogP contribution in [0.25, 0.3) is 10.9 Å². The first kappa shape index (κ1) is 15.3. The van der Waals surface area contributed by atoms with E-state index in [0.717, 1.165) is 28.2 Å². The molecule has 0 radical (unpaired) electrons. The van der Waals surface area contributed by atoms with Gasteiger partial charge in [0.2, 0.25) is 5.91 Å². The topological polar surface area (TPSA) is 57.8 Å². The Balaban J connectivity index is 1.69. The lowest BCUT2D eigenvalue weighted by atomic mass is 10.1. The quantitative estimate of drug-likeness (QED) is 0.763. The summed E-state index contributed by atoms with van der Waals surface area (Å²) in [6.07, 6.45) is 3.16. The summed E-state index contributed by atoms with van der Waals surface area (Å²) >= 11 is 0. The number of hydrogen-bond donors (Lipinski definition) is 2. The predicted octanol–water partition coefficient (Wildman–Crippen LogP) is 4.06. The third-order valence-electron chi connectivity index (χ3n) is 4.09. The Bertz CT molecular complexity index is 841. The average Bonchev–Trinajstić information content (AvgIpc) is 2.92. The van der Waals surface area contributed by atoms with Crippen LogP contribution in [0.5, 0.6) is 0 Å². The maximum absolute atomic E-state index is 12.3. The summed E-state index contributed by atoms with van der Waals surface area (Å²) in [7, 11) is 0. The van der Waals surface area contributed by atoms with Crippen LogP contribution < -0.4 is 5.32 Å². The molecule has 3 aromatic rings. The number of aryl methyl sites for hydroxylation is 4. The number of nitrogens with one attached hydrogen (secondary N) is 2. The smallest absolute Gasteiger partial charge is 0.224 e. The second-order valence-electron chi connectivity index (χ2n) is 5.95. The molecular formula is C19H21N3O. The van der Waals surface area contributed by atoms with Gasteiger partial charge in [0.25, 0.3) is 0 Å². The summed E-state index contributed by atoms with van der Waals surface area (Å²) in [5.74, 6) is 0.0205. The summed E-state index contributed by atoms with van der Waals surface area (Å²) in [5.41, 5.74) is 6.00. The summed E-state index contributed by atoms with van der Waals surface area (Å²) in [6, 6.07) is 10.1. The number of fused-ring (bicyclic) bond motifs is 1. The molecule has 2 aromatic heterocycles. The van der Waals surface area contributed by atoms with Crippen LogP contribution in [0, 0.1) is 20.8 Å². The van der Waals surface area contributed by atoms with Crippen LogP contribution >= 0.6 is 0 Å². The van der Waals surface area contributed by atoms with Crippen molar-refractivity contribution in [3.8, 4) is 0 Å². The maximum atomic E-state index is 12.3. The number of amides is 1. The van der Waals surface area contributed by atoms with Crippen LogP contribution in [-0.4, -0.2) is 15.9 Å². The summed E-state index contributed by atoms with van der Waals surface area (Å²) in [4.78, 5) is 19.9. The first-order valence-corrected chi connectivity index (χ1v) is 7.84. The number of pyridine rings is 1. The molecule has 0 atom stereocenters. The van der Waals surface area contributed by atoms with Crippen molar-refractivity contribution in [2.45, 2.75) is 33.6 Å². The molecule has 0 fully saturated rings. The molecule has 0 unspecified atom stereocenters. The van der Waals surface area contributed by atoms with E-state index >= 15 is 0 Å². The van der Waals surface area contributed by atoms with Gasteiger partial charge in [0.05, 0.1) is 11.4 Å². The van der Waals surface area contributed by atoms with Gasteiger partial charge in [-0.25, -0.2) is 0 Å². The second kappa shape index (κ2) is 6.24. The molecule has 4 heteroatoms. The highest BCUT2D eigenvalue weighted by molar-refractivity contribution is 5.92. The average molecular weight is 307 g/mol. The van der Waals surface area contributed by atoms with Gasteiger partial charge in [-0.15, -0.1) is 0 Å². The Morgan fingerprint density at radius 2 is 2.00 bits per heavy atom. The lowest BCUT2D eigenvalue weighted by Crippen LogP contribution is -2.15. The standard InChI is InChI=1S/C19H21N3O/c1-12-10-13(2)21-14(3)19(12)22-18(23)9-8-15-11-20-17-7-5-4-6-16(15)17/h4-7,10-11,20H,8-9H2,1-3H3,(H,22,23). The van der Waals surface area contributed by atoms with Crippen LogP contribution in [0.1, 0.15) is 28.9 Å². The fraction of sp³-hybridized carbons (Fsp3) is 0.263. The number of para-hydroxylation sites is 1. The van der Waals surface area contributed by atoms with Crippen molar-refractivity contribution in [2.75, 3.05) is 5.32 Å². The van der Waals surface area contributed by atoms with Gasteiger partial charge in [-0.1, -0.05) is 18.2 Å². The molecule has 0 saturated heterocycles. The highest BCUT2D eigenvalue weighted by Gasteiger charge is 2.11. The highest BCUT2D eigenvalue weighted by Crippen LogP contribution is 2.21. The largest absolute Gasteiger partial charge is 0.361 e. The fourth-order valence-corrected chi connectivity index (χ4v) is 3.00. The minimum Gasteiger partial charge on any atom is -0.361 e. The lowest BCUT2D eigenvalue weighted by molar-refractivity contribution is -0.116. The molecule has 0 aliphatic carbocycles. The predicted molar refractivity (Wildman–Crippen MR) is 93.7 cm³/mol. The zero-order valence-electron chi connectivity index (χ0n) is 13.7. The Labute approximate surface area is 136 Å². The zero-order chi connectivity index (χ0) is 16.4. The summed E-state index contributed by atoms with van der Waals surface area (Å²) < 4.78 is 0. The Hall–Kier alpha value is -2.62. The molecule has 2 heterocycles. The number of anilines is 1. The van der Waals surface area contributed by atoms with E-state index in [0.29, 0.717) is 12.8 Å². The van der Waals surface area contributed by atoms with E-state index in [1.807, 2.05) is 51.2 Å². The summed E-state index contributed by atoms with van der Waals surface area (Å²) in [6.45, 7) is 5.88. The van der Waals surface area contributed by atoms with E-state index in [9.17, 15) is 4.79 Å². The van der Waals surface area contributed by atoms with Gasteiger partial charge in [0.1, 0.15) is 0 Å². The van der Waals surface area contributed by atoms with Crippen molar-refractivity contribution in [3.63, 3.8) is 0 Å². The molecule has 0 spiro atoms. The molecule has 3 rings (SSSR count). The second-order valence-corrected chi connectivity index (χ2v) is 5.95. The van der Waals surface area contributed by atoms with Crippen molar-refractivity contribution in [1.29, 1.82) is 0 Å². The number of aromatic amines is 1. The number of rotatable bonds is 4. The lowest BCUT2D eigenvalue weighted by Gasteiger charge is -2.11. The normalized spacial score (nSPS) is 10.9. The Morgan fingerprint density at radius 1 is 1.22 bits per heavy atom. The third-order valence-corrected chi connectivity index (χ3v) is 4.09. The van der Waals surface area contributed by atoms with Crippen molar-refractivity contribution >= 4 is 22.5 Å². The third kappa shape index (κ3) is 3.26. The number of aromatic nitrogens is 2. The van der Waals surface area contributed by atoms with Crippen LogP contribution in [0.2, 0.25) is 0 Å². The van der Waals surface area contributed by atoms with E-state index in [1.54, 1.807) is 0 Å². The van der Waals surface area contributed by atoms with Gasteiger partial charge < -0.3 is 10.3 Å². The molecular weight excluding hydrogens is 286 g/mol. The number of hydrogen-bond acceptors (Lipinski definition) is 2. The number of carbonyl (C=O) groups excluding carboxylic acids is 1. The van der Waals surface area contributed by atoms with Gasteiger partial charge in [-0.3, -0.25) is 9.78 Å². The highest BCUT2D eigenvalue weighted by atomic mass is 16.1. The van der Waals surface area contributed by atoms with Crippen molar-refractivity contribution in [1.82, 2.24) is 9.97 Å². The molecule has 2 N–H and O–H groups in total. The zero-order valence-corrected chi connectivity index (χ0v) is 13.7. The minimum absolute atomic E-state index is 0.0205. The SMILES string of the molecule is Cc1cc(C)c(NC(=O)CCc2c[nH]c3ccccc23)c(C)n1. The first-order valence-electron chi connectivity index (χ1n) is 7.84. The molecule has 0 saturated carbocycles. The molecule has 0 aliphatic heterocycles. The summed E-state index contributed by atoms with van der Waals surface area (Å²) in [5, 5.41) is 4.19. The molecule has 0 bridgehead atoms. The van der Waals surface area contributed by atoms with Gasteiger partial charge >= 0.3 is 0 Å². The van der Waals surface area contributed by atoms with Gasteiger partial charge in [0.15, 0.2) is 0 Å². The van der Waals surface area contributed by atoms with Gasteiger partial charge in [-0.2, -0.15) is 0 Å². The molecule has 23 heavy (non-hydrogen) atoms.